The minimum absolute atomic E-state index is 0.0316. The van der Waals surface area contributed by atoms with Crippen LogP contribution < -0.4 is 9.47 Å². The number of carbonyl (C=O) groups is 1. The summed E-state index contributed by atoms with van der Waals surface area (Å²) in [7, 11) is 0. The molecule has 4 nitrogen and oxygen atoms in total. The number of carboxylic acids is 1. The molecule has 0 amide bonds. The van der Waals surface area contributed by atoms with Crippen LogP contribution in [0, 0.1) is 6.92 Å². The zero-order chi connectivity index (χ0) is 13.5. The van der Waals surface area contributed by atoms with Crippen LogP contribution in [0.2, 0.25) is 5.02 Å². The van der Waals surface area contributed by atoms with Gasteiger partial charge < -0.3 is 14.6 Å². The lowest BCUT2D eigenvalue weighted by Crippen LogP contribution is -2.23. The molecule has 0 fully saturated rings. The molecular weight excluding hydrogens is 256 g/mol. The summed E-state index contributed by atoms with van der Waals surface area (Å²) in [6.07, 6.45) is 0.0316. The minimum atomic E-state index is -0.840. The third-order valence-corrected chi connectivity index (χ3v) is 3.63. The second-order valence-electron chi connectivity index (χ2n) is 5.05. The molecule has 1 aliphatic rings. The molecule has 0 saturated carbocycles. The average Bonchev–Trinajstić information content (AvgIpc) is 2.69. The standard InChI is InChI=1S/C13H15ClO4/c1-7-8(13(2,3)5-10(15)16)4-9-12(11(7)14)18-6-17-9/h4H,5-6H2,1-3H3,(H,15,16). The van der Waals surface area contributed by atoms with Crippen molar-refractivity contribution in [1.82, 2.24) is 0 Å². The molecule has 98 valence electrons. The van der Waals surface area contributed by atoms with E-state index < -0.39 is 11.4 Å². The zero-order valence-corrected chi connectivity index (χ0v) is 11.3. The van der Waals surface area contributed by atoms with Crippen LogP contribution in [-0.2, 0) is 10.2 Å². The van der Waals surface area contributed by atoms with E-state index in [-0.39, 0.29) is 13.2 Å². The van der Waals surface area contributed by atoms with E-state index in [0.29, 0.717) is 16.5 Å². The molecule has 1 heterocycles. The fraction of sp³-hybridized carbons (Fsp3) is 0.462. The highest BCUT2D eigenvalue weighted by atomic mass is 35.5. The number of aliphatic carboxylic acids is 1. The molecule has 1 aromatic carbocycles. The lowest BCUT2D eigenvalue weighted by atomic mass is 9.79. The first-order valence-electron chi connectivity index (χ1n) is 5.64. The monoisotopic (exact) mass is 270 g/mol. The van der Waals surface area contributed by atoms with E-state index in [1.165, 1.54) is 0 Å². The van der Waals surface area contributed by atoms with Gasteiger partial charge in [0.1, 0.15) is 0 Å². The van der Waals surface area contributed by atoms with Crippen LogP contribution in [0.1, 0.15) is 31.4 Å². The third-order valence-electron chi connectivity index (χ3n) is 3.17. The maximum absolute atomic E-state index is 10.9. The van der Waals surface area contributed by atoms with E-state index in [2.05, 4.69) is 0 Å². The normalized spacial score (nSPS) is 13.8. The van der Waals surface area contributed by atoms with Crippen LogP contribution in [0.4, 0.5) is 0 Å². The van der Waals surface area contributed by atoms with Crippen molar-refractivity contribution < 1.29 is 19.4 Å². The zero-order valence-electron chi connectivity index (χ0n) is 10.5. The summed E-state index contributed by atoms with van der Waals surface area (Å²) >= 11 is 6.23. The first-order chi connectivity index (χ1) is 8.33. The first kappa shape index (κ1) is 13.0. The molecule has 0 aromatic heterocycles. The molecule has 0 saturated heterocycles. The van der Waals surface area contributed by atoms with E-state index >= 15 is 0 Å². The lowest BCUT2D eigenvalue weighted by Gasteiger charge is -2.26. The Hall–Kier alpha value is -1.42. The van der Waals surface area contributed by atoms with Gasteiger partial charge in [0, 0.05) is 5.41 Å². The third kappa shape index (κ3) is 2.12. The molecule has 0 atom stereocenters. The molecular formula is C13H15ClO4. The molecule has 5 heteroatoms. The molecule has 0 bridgehead atoms. The molecule has 0 unspecified atom stereocenters. The number of ether oxygens (including phenoxy) is 2. The van der Waals surface area contributed by atoms with Gasteiger partial charge in [-0.15, -0.1) is 0 Å². The summed E-state index contributed by atoms with van der Waals surface area (Å²) in [6.45, 7) is 5.77. The number of fused-ring (bicyclic) bond motifs is 1. The second-order valence-corrected chi connectivity index (χ2v) is 5.43. The van der Waals surface area contributed by atoms with Gasteiger partial charge in [-0.05, 0) is 24.1 Å². The van der Waals surface area contributed by atoms with Crippen LogP contribution in [0.25, 0.3) is 0 Å². The Bertz CT molecular complexity index is 508. The van der Waals surface area contributed by atoms with Crippen molar-refractivity contribution in [2.75, 3.05) is 6.79 Å². The van der Waals surface area contributed by atoms with Crippen molar-refractivity contribution >= 4 is 17.6 Å². The largest absolute Gasteiger partial charge is 0.481 e. The predicted molar refractivity (Wildman–Crippen MR) is 67.6 cm³/mol. The van der Waals surface area contributed by atoms with Crippen LogP contribution in [0.5, 0.6) is 11.5 Å². The number of carboxylic acid groups (broad SMARTS) is 1. The summed E-state index contributed by atoms with van der Waals surface area (Å²) < 4.78 is 10.6. The van der Waals surface area contributed by atoms with Gasteiger partial charge in [0.15, 0.2) is 11.5 Å². The average molecular weight is 271 g/mol. The van der Waals surface area contributed by atoms with E-state index in [1.54, 1.807) is 0 Å². The molecule has 0 aliphatic carbocycles. The van der Waals surface area contributed by atoms with Gasteiger partial charge in [-0.3, -0.25) is 4.79 Å². The summed E-state index contributed by atoms with van der Waals surface area (Å²) in [5.41, 5.74) is 1.20. The molecule has 1 N–H and O–H groups in total. The molecule has 2 rings (SSSR count). The summed E-state index contributed by atoms with van der Waals surface area (Å²) in [6, 6.07) is 1.83. The topological polar surface area (TPSA) is 55.8 Å². The Morgan fingerprint density at radius 2 is 2.17 bits per heavy atom. The van der Waals surface area contributed by atoms with Crippen molar-refractivity contribution in [3.05, 3.63) is 22.2 Å². The molecule has 0 radical (unpaired) electrons. The molecule has 0 spiro atoms. The highest BCUT2D eigenvalue weighted by Crippen LogP contribution is 2.45. The maximum Gasteiger partial charge on any atom is 0.304 e. The van der Waals surface area contributed by atoms with Crippen molar-refractivity contribution in [3.63, 3.8) is 0 Å². The van der Waals surface area contributed by atoms with Crippen molar-refractivity contribution in [3.8, 4) is 11.5 Å². The summed E-state index contributed by atoms with van der Waals surface area (Å²) in [5.74, 6) is 0.288. The summed E-state index contributed by atoms with van der Waals surface area (Å²) in [5, 5.41) is 9.47. The van der Waals surface area contributed by atoms with Crippen molar-refractivity contribution in [1.29, 1.82) is 0 Å². The Morgan fingerprint density at radius 1 is 1.50 bits per heavy atom. The number of halogens is 1. The number of hydrogen-bond donors (Lipinski definition) is 1. The fourth-order valence-electron chi connectivity index (χ4n) is 2.27. The van der Waals surface area contributed by atoms with Gasteiger partial charge in [-0.2, -0.15) is 0 Å². The van der Waals surface area contributed by atoms with Crippen LogP contribution in [0.15, 0.2) is 6.07 Å². The second kappa shape index (κ2) is 4.35. The molecule has 18 heavy (non-hydrogen) atoms. The summed E-state index contributed by atoms with van der Waals surface area (Å²) in [4.78, 5) is 10.9. The highest BCUT2D eigenvalue weighted by Gasteiger charge is 2.30. The quantitative estimate of drug-likeness (QED) is 0.917. The maximum atomic E-state index is 10.9. The Balaban J connectivity index is 2.52. The van der Waals surface area contributed by atoms with E-state index in [9.17, 15) is 4.79 Å². The van der Waals surface area contributed by atoms with Gasteiger partial charge in [0.2, 0.25) is 6.79 Å². The van der Waals surface area contributed by atoms with E-state index in [1.807, 2.05) is 26.8 Å². The van der Waals surface area contributed by atoms with Gasteiger partial charge in [0.05, 0.1) is 11.4 Å². The van der Waals surface area contributed by atoms with Crippen LogP contribution in [0.3, 0.4) is 0 Å². The van der Waals surface area contributed by atoms with E-state index in [4.69, 9.17) is 26.2 Å². The van der Waals surface area contributed by atoms with Crippen molar-refractivity contribution in [2.45, 2.75) is 32.6 Å². The van der Waals surface area contributed by atoms with Crippen molar-refractivity contribution in [2.24, 2.45) is 0 Å². The number of benzene rings is 1. The Morgan fingerprint density at radius 3 is 2.78 bits per heavy atom. The van der Waals surface area contributed by atoms with Crippen LogP contribution in [-0.4, -0.2) is 17.9 Å². The van der Waals surface area contributed by atoms with Gasteiger partial charge in [0.25, 0.3) is 0 Å². The number of rotatable bonds is 3. The first-order valence-corrected chi connectivity index (χ1v) is 6.01. The van der Waals surface area contributed by atoms with E-state index in [0.717, 1.165) is 11.1 Å². The predicted octanol–water partition coefficient (Wildman–Crippen LogP) is 3.13. The molecule has 1 aromatic rings. The van der Waals surface area contributed by atoms with Gasteiger partial charge in [-0.25, -0.2) is 0 Å². The minimum Gasteiger partial charge on any atom is -0.481 e. The smallest absolute Gasteiger partial charge is 0.304 e. The van der Waals surface area contributed by atoms with Crippen LogP contribution >= 0.6 is 11.6 Å². The fourth-order valence-corrected chi connectivity index (χ4v) is 2.52. The molecule has 1 aliphatic heterocycles. The SMILES string of the molecule is Cc1c(C(C)(C)CC(=O)O)cc2c(c1Cl)OCO2. The Labute approximate surface area is 110 Å². The number of hydrogen-bond acceptors (Lipinski definition) is 3. The lowest BCUT2D eigenvalue weighted by molar-refractivity contribution is -0.138. The highest BCUT2D eigenvalue weighted by molar-refractivity contribution is 6.33. The Kier molecular flexibility index (Phi) is 3.15. The van der Waals surface area contributed by atoms with Gasteiger partial charge >= 0.3 is 5.97 Å². The van der Waals surface area contributed by atoms with Gasteiger partial charge in [-0.1, -0.05) is 25.4 Å².